The minimum absolute atomic E-state index is 0.236. The molecule has 1 aromatic carbocycles. The fraction of sp³-hybridized carbons (Fsp3) is 0.379. The van der Waals surface area contributed by atoms with Crippen molar-refractivity contribution >= 4 is 23.5 Å². The molecule has 3 aliphatic heterocycles. The van der Waals surface area contributed by atoms with E-state index in [1.54, 1.807) is 30.5 Å². The number of aromatic nitrogens is 1. The van der Waals surface area contributed by atoms with Crippen molar-refractivity contribution in [1.29, 1.82) is 0 Å². The van der Waals surface area contributed by atoms with Gasteiger partial charge in [0.1, 0.15) is 30.3 Å². The molecule has 3 N–H and O–H groups in total. The van der Waals surface area contributed by atoms with Crippen molar-refractivity contribution in [3.05, 3.63) is 82.5 Å². The third kappa shape index (κ3) is 4.82. The molecule has 5 atom stereocenters. The van der Waals surface area contributed by atoms with Gasteiger partial charge in [-0.15, -0.1) is 0 Å². The molecule has 2 aromatic rings. The van der Waals surface area contributed by atoms with Crippen LogP contribution in [0, 0.1) is 17.5 Å². The molecule has 226 valence electrons. The predicted molar refractivity (Wildman–Crippen MR) is 140 cm³/mol. The molecule has 1 aromatic heterocycles. The Labute approximate surface area is 241 Å². The summed E-state index contributed by atoms with van der Waals surface area (Å²) in [4.78, 5) is 44.1. The molecule has 1 saturated heterocycles. The van der Waals surface area contributed by atoms with Crippen molar-refractivity contribution in [1.82, 2.24) is 20.5 Å². The number of benzene rings is 1. The number of likely N-dealkylation sites (tertiary alicyclic amines) is 1. The van der Waals surface area contributed by atoms with Crippen LogP contribution in [0.25, 0.3) is 0 Å². The van der Waals surface area contributed by atoms with E-state index in [2.05, 4.69) is 20.9 Å². The van der Waals surface area contributed by atoms with Gasteiger partial charge in [0.2, 0.25) is 17.7 Å². The highest BCUT2D eigenvalue weighted by Gasteiger charge is 2.51. The molecule has 0 bridgehead atoms. The Morgan fingerprint density at radius 2 is 1.91 bits per heavy atom. The molecule has 4 heterocycles. The number of alkyl halides is 3. The summed E-state index contributed by atoms with van der Waals surface area (Å²) < 4.78 is 83.8. The molecule has 4 aliphatic rings. The zero-order chi connectivity index (χ0) is 30.8. The lowest BCUT2D eigenvalue weighted by Crippen LogP contribution is -2.61. The number of fused-ring (bicyclic) bond motifs is 3. The summed E-state index contributed by atoms with van der Waals surface area (Å²) in [6.45, 7) is -0.535. The van der Waals surface area contributed by atoms with Crippen molar-refractivity contribution in [2.45, 2.75) is 61.8 Å². The van der Waals surface area contributed by atoms with Gasteiger partial charge in [-0.05, 0) is 56.0 Å². The number of amides is 3. The summed E-state index contributed by atoms with van der Waals surface area (Å²) in [5, 5.41) is 8.22. The number of carbonyl (C=O) groups excluding carboxylic acids is 3. The van der Waals surface area contributed by atoms with Crippen LogP contribution in [0.4, 0.5) is 32.2 Å². The number of nitrogens with zero attached hydrogens (tertiary/aromatic N) is 2. The van der Waals surface area contributed by atoms with E-state index in [4.69, 9.17) is 0 Å². The zero-order valence-electron chi connectivity index (χ0n) is 22.6. The van der Waals surface area contributed by atoms with Gasteiger partial charge in [-0.1, -0.05) is 12.1 Å². The molecule has 14 heteroatoms. The van der Waals surface area contributed by atoms with Gasteiger partial charge in [0.05, 0.1) is 5.41 Å². The average molecular weight is 606 g/mol. The maximum atomic E-state index is 14.7. The van der Waals surface area contributed by atoms with E-state index in [1.807, 2.05) is 0 Å². The molecule has 0 saturated carbocycles. The third-order valence-corrected chi connectivity index (χ3v) is 8.71. The molecule has 2 unspecified atom stereocenters. The van der Waals surface area contributed by atoms with Gasteiger partial charge >= 0.3 is 6.18 Å². The maximum absolute atomic E-state index is 14.7. The van der Waals surface area contributed by atoms with E-state index in [1.165, 1.54) is 6.92 Å². The first-order chi connectivity index (χ1) is 20.3. The summed E-state index contributed by atoms with van der Waals surface area (Å²) in [6, 6.07) is 0.749. The number of hydrogen-bond donors (Lipinski definition) is 3. The number of piperidine rings is 1. The Morgan fingerprint density at radius 1 is 1.16 bits per heavy atom. The van der Waals surface area contributed by atoms with E-state index in [-0.39, 0.29) is 12.3 Å². The number of rotatable bonds is 4. The Kier molecular flexibility index (Phi) is 6.77. The maximum Gasteiger partial charge on any atom is 0.406 e. The Balaban J connectivity index is 1.25. The van der Waals surface area contributed by atoms with E-state index < -0.39 is 83.4 Å². The summed E-state index contributed by atoms with van der Waals surface area (Å²) in [5.74, 6) is -7.17. The second-order valence-corrected chi connectivity index (χ2v) is 11.2. The number of halogens is 6. The highest BCUT2D eigenvalue weighted by Crippen LogP contribution is 2.48. The van der Waals surface area contributed by atoms with Gasteiger partial charge in [0, 0.05) is 35.0 Å². The zero-order valence-corrected chi connectivity index (χ0v) is 22.6. The first-order valence-electron chi connectivity index (χ1n) is 13.5. The topological polar surface area (TPSA) is 103 Å². The number of allylic oxidation sites excluding steroid dienone is 2. The quantitative estimate of drug-likeness (QED) is 0.365. The smallest absolute Gasteiger partial charge is 0.371 e. The first-order valence-corrected chi connectivity index (χ1v) is 13.5. The molecule has 43 heavy (non-hydrogen) atoms. The van der Waals surface area contributed by atoms with Crippen LogP contribution >= 0.6 is 0 Å². The van der Waals surface area contributed by atoms with Crippen molar-refractivity contribution in [2.75, 3.05) is 11.9 Å². The van der Waals surface area contributed by atoms with Gasteiger partial charge in [-0.3, -0.25) is 14.4 Å². The van der Waals surface area contributed by atoms with Gasteiger partial charge < -0.3 is 20.9 Å². The molecule has 1 aliphatic carbocycles. The number of nitrogens with one attached hydrogen (secondary N) is 3. The molecule has 3 amide bonds. The van der Waals surface area contributed by atoms with Gasteiger partial charge in [-0.2, -0.15) is 13.2 Å². The average Bonchev–Trinajstić information content (AvgIpc) is 3.49. The number of hydrogen-bond acceptors (Lipinski definition) is 5. The van der Waals surface area contributed by atoms with Gasteiger partial charge in [-0.25, -0.2) is 18.2 Å². The highest BCUT2D eigenvalue weighted by atomic mass is 19.4. The van der Waals surface area contributed by atoms with Gasteiger partial charge in [0.15, 0.2) is 11.6 Å². The van der Waals surface area contributed by atoms with Crippen LogP contribution in [0.3, 0.4) is 0 Å². The monoisotopic (exact) mass is 605 g/mol. The molecule has 1 spiro atoms. The lowest BCUT2D eigenvalue weighted by atomic mass is 9.71. The Hall–Kier alpha value is -4.36. The summed E-state index contributed by atoms with van der Waals surface area (Å²) in [5.41, 5.74) is 0.255. The van der Waals surface area contributed by atoms with Crippen molar-refractivity contribution in [3.8, 4) is 0 Å². The summed E-state index contributed by atoms with van der Waals surface area (Å²) in [6.07, 6.45) is 0.156. The van der Waals surface area contributed by atoms with Crippen molar-refractivity contribution in [2.24, 2.45) is 0 Å². The van der Waals surface area contributed by atoms with Crippen LogP contribution < -0.4 is 16.0 Å². The predicted octanol–water partition coefficient (Wildman–Crippen LogP) is 3.72. The third-order valence-electron chi connectivity index (χ3n) is 8.71. The lowest BCUT2D eigenvalue weighted by molar-refractivity contribution is -0.171. The number of anilines is 1. The standard InChI is InChI=1S/C29H25F6N5O3/c1-13-15(22-17(30)4-5-18(31)23(22)32)10-21(26(42)40(13)12-29(33,34)35)38-25(41)20-9-14-11-28(7-6-19(14)37-20)16-3-2-8-36-24(16)39-27(28)43/h2-6,8-9,13,15,20-21,37H,7,10-12H2,1H3,(H,38,41)(H,36,39,43)/t13-,15-,20?,21+,28?/m1/s1. The second-order valence-electron chi connectivity index (χ2n) is 11.2. The largest absolute Gasteiger partial charge is 0.406 e. The molecule has 0 radical (unpaired) electrons. The van der Waals surface area contributed by atoms with Crippen molar-refractivity contribution < 1.29 is 40.7 Å². The van der Waals surface area contributed by atoms with Gasteiger partial charge in [0.25, 0.3) is 0 Å². The van der Waals surface area contributed by atoms with Crippen LogP contribution in [-0.4, -0.2) is 58.5 Å². The van der Waals surface area contributed by atoms with Crippen LogP contribution in [0.2, 0.25) is 0 Å². The number of carbonyl (C=O) groups is 3. The van der Waals surface area contributed by atoms with Crippen LogP contribution in [0.1, 0.15) is 43.2 Å². The Morgan fingerprint density at radius 3 is 2.65 bits per heavy atom. The fourth-order valence-corrected chi connectivity index (χ4v) is 6.58. The molecule has 1 fully saturated rings. The van der Waals surface area contributed by atoms with Crippen molar-refractivity contribution in [3.63, 3.8) is 0 Å². The molecule has 6 rings (SSSR count). The van der Waals surface area contributed by atoms with Crippen LogP contribution in [0.15, 0.2) is 53.9 Å². The van der Waals surface area contributed by atoms with E-state index in [0.717, 1.165) is 5.56 Å². The molecular formula is C29H25F6N5O3. The Bertz CT molecular complexity index is 1610. The normalized spacial score (nSPS) is 28.1. The fourth-order valence-electron chi connectivity index (χ4n) is 6.58. The SMILES string of the molecule is C[C@@H]1[C@H](c2c(F)ccc(F)c2F)C[C@H](NC(=O)C2C=C3CC4(CC=C3N2)C(=O)Nc2ncccc24)C(=O)N1CC(F)(F)F. The highest BCUT2D eigenvalue weighted by molar-refractivity contribution is 6.06. The van der Waals surface area contributed by atoms with E-state index in [9.17, 15) is 40.7 Å². The summed E-state index contributed by atoms with van der Waals surface area (Å²) >= 11 is 0. The lowest BCUT2D eigenvalue weighted by Gasteiger charge is -2.43. The van der Waals surface area contributed by atoms with Crippen LogP contribution in [-0.2, 0) is 19.8 Å². The van der Waals surface area contributed by atoms with E-state index >= 15 is 0 Å². The molecule has 8 nitrogen and oxygen atoms in total. The minimum atomic E-state index is -4.85. The molecular weight excluding hydrogens is 580 g/mol. The second kappa shape index (κ2) is 10.1. The van der Waals surface area contributed by atoms with Crippen LogP contribution in [0.5, 0.6) is 0 Å². The first kappa shape index (κ1) is 28.7. The summed E-state index contributed by atoms with van der Waals surface area (Å²) in [7, 11) is 0. The minimum Gasteiger partial charge on any atom is -0.371 e. The number of pyridine rings is 1. The van der Waals surface area contributed by atoms with E-state index in [0.29, 0.717) is 40.5 Å².